The largest absolute Gasteiger partial charge is 0.469 e. The number of rotatable bonds is 3. The molecule has 0 spiro atoms. The van der Waals surface area contributed by atoms with Gasteiger partial charge in [0.15, 0.2) is 0 Å². The molecule has 0 N–H and O–H groups in total. The molecule has 1 aliphatic carbocycles. The van der Waals surface area contributed by atoms with Crippen LogP contribution in [0, 0.1) is 17.3 Å². The highest BCUT2D eigenvalue weighted by Gasteiger charge is 2.47. The minimum atomic E-state index is -0.522. The zero-order valence-corrected chi connectivity index (χ0v) is 11.1. The number of hydrogen-bond donors (Lipinski definition) is 0. The summed E-state index contributed by atoms with van der Waals surface area (Å²) in [5, 5.41) is 0. The summed E-state index contributed by atoms with van der Waals surface area (Å²) in [6.45, 7) is 4.02. The summed E-state index contributed by atoms with van der Waals surface area (Å²) in [5.41, 5.74) is -0.522. The van der Waals surface area contributed by atoms with E-state index in [1.165, 1.54) is 14.2 Å². The minimum Gasteiger partial charge on any atom is -0.469 e. The summed E-state index contributed by atoms with van der Waals surface area (Å²) in [7, 11) is 2.81. The van der Waals surface area contributed by atoms with Gasteiger partial charge in [-0.15, -0.1) is 0 Å². The van der Waals surface area contributed by atoms with E-state index in [4.69, 9.17) is 9.47 Å². The molecule has 0 aliphatic heterocycles. The van der Waals surface area contributed by atoms with Gasteiger partial charge in [0.1, 0.15) is 0 Å². The van der Waals surface area contributed by atoms with Crippen LogP contribution in [0.25, 0.3) is 0 Å². The van der Waals surface area contributed by atoms with Gasteiger partial charge in [0.2, 0.25) is 0 Å². The van der Waals surface area contributed by atoms with Gasteiger partial charge in [-0.2, -0.15) is 0 Å². The van der Waals surface area contributed by atoms with Crippen LogP contribution in [-0.4, -0.2) is 26.2 Å². The summed E-state index contributed by atoms with van der Waals surface area (Å²) >= 11 is 0. The fourth-order valence-corrected chi connectivity index (χ4v) is 2.82. The van der Waals surface area contributed by atoms with E-state index in [0.29, 0.717) is 6.42 Å². The van der Waals surface area contributed by atoms with Gasteiger partial charge in [0.05, 0.1) is 25.6 Å². The molecule has 1 fully saturated rings. The fourth-order valence-electron chi connectivity index (χ4n) is 2.82. The Labute approximate surface area is 103 Å². The molecule has 2 atom stereocenters. The molecule has 1 saturated carbocycles. The van der Waals surface area contributed by atoms with Crippen LogP contribution in [0.2, 0.25) is 0 Å². The van der Waals surface area contributed by atoms with Crippen LogP contribution in [0.1, 0.15) is 39.5 Å². The van der Waals surface area contributed by atoms with Crippen LogP contribution < -0.4 is 0 Å². The number of ether oxygens (including phenoxy) is 2. The maximum atomic E-state index is 12.0. The third kappa shape index (κ3) is 2.61. The average molecular weight is 242 g/mol. The highest BCUT2D eigenvalue weighted by molar-refractivity contribution is 5.79. The Morgan fingerprint density at radius 2 is 1.88 bits per heavy atom. The van der Waals surface area contributed by atoms with E-state index in [9.17, 15) is 9.59 Å². The van der Waals surface area contributed by atoms with Crippen molar-refractivity contribution in [3.8, 4) is 0 Å². The van der Waals surface area contributed by atoms with Crippen LogP contribution in [0.15, 0.2) is 0 Å². The van der Waals surface area contributed by atoms with Gasteiger partial charge in [0, 0.05) is 0 Å². The summed E-state index contributed by atoms with van der Waals surface area (Å²) in [4.78, 5) is 23.6. The molecule has 0 bridgehead atoms. The first-order valence-electron chi connectivity index (χ1n) is 6.14. The Morgan fingerprint density at radius 3 is 2.35 bits per heavy atom. The van der Waals surface area contributed by atoms with Gasteiger partial charge < -0.3 is 9.47 Å². The van der Waals surface area contributed by atoms with Crippen molar-refractivity contribution in [3.63, 3.8) is 0 Å². The van der Waals surface area contributed by atoms with Crippen LogP contribution >= 0.6 is 0 Å². The smallest absolute Gasteiger partial charge is 0.312 e. The molecule has 98 valence electrons. The van der Waals surface area contributed by atoms with Crippen molar-refractivity contribution in [2.24, 2.45) is 17.3 Å². The zero-order valence-electron chi connectivity index (χ0n) is 11.1. The Bertz CT molecular complexity index is 298. The van der Waals surface area contributed by atoms with Crippen molar-refractivity contribution in [2.45, 2.75) is 39.5 Å². The number of methoxy groups -OCH3 is 2. The van der Waals surface area contributed by atoms with E-state index in [2.05, 4.69) is 0 Å². The molecule has 1 rings (SSSR count). The quantitative estimate of drug-likeness (QED) is 0.712. The van der Waals surface area contributed by atoms with E-state index in [0.717, 1.165) is 19.3 Å². The third-order valence-electron chi connectivity index (χ3n) is 4.02. The first kappa shape index (κ1) is 14.0. The lowest BCUT2D eigenvalue weighted by atomic mass is 9.63. The average Bonchev–Trinajstić information content (AvgIpc) is 2.36. The van der Waals surface area contributed by atoms with Crippen molar-refractivity contribution in [3.05, 3.63) is 0 Å². The van der Waals surface area contributed by atoms with Gasteiger partial charge >= 0.3 is 11.9 Å². The van der Waals surface area contributed by atoms with Crippen molar-refractivity contribution < 1.29 is 19.1 Å². The van der Waals surface area contributed by atoms with E-state index < -0.39 is 5.41 Å². The molecule has 0 heterocycles. The van der Waals surface area contributed by atoms with E-state index in [1.54, 1.807) is 0 Å². The number of esters is 2. The minimum absolute atomic E-state index is 0.169. The summed E-state index contributed by atoms with van der Waals surface area (Å²) in [6.07, 6.45) is 3.01. The highest BCUT2D eigenvalue weighted by atomic mass is 16.5. The lowest BCUT2D eigenvalue weighted by Gasteiger charge is -2.40. The van der Waals surface area contributed by atoms with Crippen LogP contribution in [0.3, 0.4) is 0 Å². The zero-order chi connectivity index (χ0) is 13.1. The SMILES string of the molecule is COC(=O)[C@H]1CCC[C@@](C(=O)OC)(C(C)C)C1. The van der Waals surface area contributed by atoms with Crippen LogP contribution in [-0.2, 0) is 19.1 Å². The van der Waals surface area contributed by atoms with Gasteiger partial charge in [-0.25, -0.2) is 0 Å². The van der Waals surface area contributed by atoms with E-state index in [-0.39, 0.29) is 23.8 Å². The Hall–Kier alpha value is -1.06. The maximum absolute atomic E-state index is 12.0. The predicted octanol–water partition coefficient (Wildman–Crippen LogP) is 2.17. The Morgan fingerprint density at radius 1 is 1.24 bits per heavy atom. The summed E-state index contributed by atoms with van der Waals surface area (Å²) in [5.74, 6) is -0.405. The lowest BCUT2D eigenvalue weighted by Crippen LogP contribution is -2.43. The molecule has 0 aromatic carbocycles. The molecule has 1 aliphatic rings. The molecule has 0 unspecified atom stereocenters. The van der Waals surface area contributed by atoms with Crippen molar-refractivity contribution >= 4 is 11.9 Å². The summed E-state index contributed by atoms with van der Waals surface area (Å²) in [6, 6.07) is 0. The predicted molar refractivity (Wildman–Crippen MR) is 63.3 cm³/mol. The normalized spacial score (nSPS) is 28.9. The van der Waals surface area contributed by atoms with E-state index >= 15 is 0 Å². The first-order chi connectivity index (χ1) is 7.97. The summed E-state index contributed by atoms with van der Waals surface area (Å²) < 4.78 is 9.71. The Balaban J connectivity index is 2.91. The van der Waals surface area contributed by atoms with Gasteiger partial charge in [-0.1, -0.05) is 20.3 Å². The molecular weight excluding hydrogens is 220 g/mol. The number of carbonyl (C=O) groups excluding carboxylic acids is 2. The molecule has 0 saturated heterocycles. The standard InChI is InChI=1S/C13H22O4/c1-9(2)13(12(15)17-4)7-5-6-10(8-13)11(14)16-3/h9-10H,5-8H2,1-4H3/t10-,13-/m0/s1. The number of carbonyl (C=O) groups is 2. The molecule has 17 heavy (non-hydrogen) atoms. The lowest BCUT2D eigenvalue weighted by molar-refractivity contribution is -0.163. The molecule has 0 aromatic heterocycles. The monoisotopic (exact) mass is 242 g/mol. The van der Waals surface area contributed by atoms with Crippen molar-refractivity contribution in [2.75, 3.05) is 14.2 Å². The second-order valence-corrected chi connectivity index (χ2v) is 5.12. The maximum Gasteiger partial charge on any atom is 0.312 e. The van der Waals surface area contributed by atoms with E-state index in [1.807, 2.05) is 13.8 Å². The Kier molecular flexibility index (Phi) is 4.54. The third-order valence-corrected chi connectivity index (χ3v) is 4.02. The molecular formula is C13H22O4. The number of hydrogen-bond acceptors (Lipinski definition) is 4. The second-order valence-electron chi connectivity index (χ2n) is 5.12. The van der Waals surface area contributed by atoms with Crippen LogP contribution in [0.5, 0.6) is 0 Å². The molecule has 4 nitrogen and oxygen atoms in total. The molecule has 4 heteroatoms. The van der Waals surface area contributed by atoms with Crippen molar-refractivity contribution in [1.82, 2.24) is 0 Å². The highest BCUT2D eigenvalue weighted by Crippen LogP contribution is 2.46. The van der Waals surface area contributed by atoms with Crippen LogP contribution in [0.4, 0.5) is 0 Å². The molecule has 0 amide bonds. The van der Waals surface area contributed by atoms with Gasteiger partial charge in [-0.05, 0) is 25.2 Å². The van der Waals surface area contributed by atoms with Gasteiger partial charge in [0.25, 0.3) is 0 Å². The van der Waals surface area contributed by atoms with Gasteiger partial charge in [-0.3, -0.25) is 9.59 Å². The fraction of sp³-hybridized carbons (Fsp3) is 0.846. The topological polar surface area (TPSA) is 52.6 Å². The first-order valence-corrected chi connectivity index (χ1v) is 6.14. The molecule has 0 aromatic rings. The molecule has 0 radical (unpaired) electrons. The van der Waals surface area contributed by atoms with Crippen molar-refractivity contribution in [1.29, 1.82) is 0 Å². The second kappa shape index (κ2) is 5.52.